The highest BCUT2D eigenvalue weighted by molar-refractivity contribution is 6.06. The molecule has 2 atom stereocenters. The van der Waals surface area contributed by atoms with Gasteiger partial charge in [0.15, 0.2) is 0 Å². The number of benzene rings is 2. The molecule has 1 saturated heterocycles. The van der Waals surface area contributed by atoms with Gasteiger partial charge in [-0.15, -0.1) is 0 Å². The van der Waals surface area contributed by atoms with Gasteiger partial charge in [0.25, 0.3) is 5.91 Å². The summed E-state index contributed by atoms with van der Waals surface area (Å²) in [6, 6.07) is 13.6. The highest BCUT2D eigenvalue weighted by atomic mass is 19.1. The minimum absolute atomic E-state index is 0.120. The Bertz CT molecular complexity index is 1010. The van der Waals surface area contributed by atoms with E-state index in [0.717, 1.165) is 40.6 Å². The molecule has 1 aliphatic rings. The molecule has 1 fully saturated rings. The van der Waals surface area contributed by atoms with Crippen LogP contribution in [0, 0.1) is 19.7 Å². The largest absolute Gasteiger partial charge is 0.376 e. The standard InChI is InChI=1S/C23H23FN2O2/c1-14-5-10-20-18(12-14)19(13-15(2)25-20)23(27)26-22(21-4-3-11-28-21)16-6-8-17(24)9-7-16/h5-10,12-13,21-22H,3-4,11H2,1-2H3,(H,26,27). The third kappa shape index (κ3) is 3.76. The zero-order chi connectivity index (χ0) is 19.7. The van der Waals surface area contributed by atoms with Crippen LogP contribution in [-0.4, -0.2) is 23.6 Å². The van der Waals surface area contributed by atoms with Gasteiger partial charge in [-0.1, -0.05) is 23.8 Å². The molecule has 0 aliphatic carbocycles. The average molecular weight is 378 g/mol. The first-order valence-corrected chi connectivity index (χ1v) is 9.57. The Morgan fingerprint density at radius 2 is 1.96 bits per heavy atom. The van der Waals surface area contributed by atoms with Crippen LogP contribution < -0.4 is 5.32 Å². The Morgan fingerprint density at radius 3 is 2.68 bits per heavy atom. The van der Waals surface area contributed by atoms with Crippen LogP contribution in [0.25, 0.3) is 10.9 Å². The summed E-state index contributed by atoms with van der Waals surface area (Å²) >= 11 is 0. The molecule has 4 nitrogen and oxygen atoms in total. The van der Waals surface area contributed by atoms with E-state index in [0.29, 0.717) is 12.2 Å². The second-order valence-electron chi connectivity index (χ2n) is 7.39. The number of nitrogens with zero attached hydrogens (tertiary/aromatic N) is 1. The molecule has 2 aromatic carbocycles. The van der Waals surface area contributed by atoms with Crippen LogP contribution in [0.2, 0.25) is 0 Å². The summed E-state index contributed by atoms with van der Waals surface area (Å²) in [5.74, 6) is -0.474. The monoisotopic (exact) mass is 378 g/mol. The van der Waals surface area contributed by atoms with E-state index < -0.39 is 0 Å². The lowest BCUT2D eigenvalue weighted by Crippen LogP contribution is -2.36. The minimum atomic E-state index is -0.330. The number of halogens is 1. The summed E-state index contributed by atoms with van der Waals surface area (Å²) in [6.07, 6.45) is 1.69. The first-order chi connectivity index (χ1) is 13.5. The Labute approximate surface area is 163 Å². The quantitative estimate of drug-likeness (QED) is 0.719. The van der Waals surface area contributed by atoms with Crippen LogP contribution >= 0.6 is 0 Å². The number of amides is 1. The van der Waals surface area contributed by atoms with E-state index >= 15 is 0 Å². The molecule has 0 saturated carbocycles. The lowest BCUT2D eigenvalue weighted by molar-refractivity contribution is 0.0673. The van der Waals surface area contributed by atoms with Crippen LogP contribution in [0.4, 0.5) is 4.39 Å². The SMILES string of the molecule is Cc1ccc2nc(C)cc(C(=O)NC(c3ccc(F)cc3)C3CCCO3)c2c1. The number of carbonyl (C=O) groups is 1. The van der Waals surface area contributed by atoms with Gasteiger partial charge < -0.3 is 10.1 Å². The number of nitrogens with one attached hydrogen (secondary N) is 1. The van der Waals surface area contributed by atoms with Crippen molar-refractivity contribution in [2.45, 2.75) is 38.8 Å². The van der Waals surface area contributed by atoms with Crippen molar-refractivity contribution in [3.05, 3.63) is 76.7 Å². The molecule has 0 spiro atoms. The van der Waals surface area contributed by atoms with Crippen molar-refractivity contribution in [1.82, 2.24) is 10.3 Å². The van der Waals surface area contributed by atoms with Crippen molar-refractivity contribution < 1.29 is 13.9 Å². The predicted molar refractivity (Wildman–Crippen MR) is 107 cm³/mol. The molecule has 0 radical (unpaired) electrons. The molecule has 28 heavy (non-hydrogen) atoms. The summed E-state index contributed by atoms with van der Waals surface area (Å²) in [7, 11) is 0. The van der Waals surface area contributed by atoms with Gasteiger partial charge in [-0.2, -0.15) is 0 Å². The van der Waals surface area contributed by atoms with Gasteiger partial charge in [0, 0.05) is 17.7 Å². The maximum atomic E-state index is 13.4. The number of fused-ring (bicyclic) bond motifs is 1. The van der Waals surface area contributed by atoms with E-state index in [-0.39, 0.29) is 23.9 Å². The first-order valence-electron chi connectivity index (χ1n) is 9.57. The fourth-order valence-electron chi connectivity index (χ4n) is 3.81. The zero-order valence-electron chi connectivity index (χ0n) is 16.0. The molecule has 3 aromatic rings. The van der Waals surface area contributed by atoms with Crippen molar-refractivity contribution in [1.29, 1.82) is 0 Å². The van der Waals surface area contributed by atoms with Crippen LogP contribution in [0.15, 0.2) is 48.5 Å². The molecule has 1 aliphatic heterocycles. The van der Waals surface area contributed by atoms with Crippen molar-refractivity contribution in [3.63, 3.8) is 0 Å². The van der Waals surface area contributed by atoms with E-state index in [1.54, 1.807) is 12.1 Å². The van der Waals surface area contributed by atoms with Gasteiger partial charge >= 0.3 is 0 Å². The number of carbonyl (C=O) groups excluding carboxylic acids is 1. The van der Waals surface area contributed by atoms with Crippen molar-refractivity contribution in [2.24, 2.45) is 0 Å². The number of aryl methyl sites for hydroxylation is 2. The number of rotatable bonds is 4. The van der Waals surface area contributed by atoms with Gasteiger partial charge in [-0.05, 0) is 62.6 Å². The molecule has 0 bridgehead atoms. The van der Waals surface area contributed by atoms with E-state index in [1.165, 1.54) is 12.1 Å². The number of aromatic nitrogens is 1. The molecule has 1 amide bonds. The molecule has 2 unspecified atom stereocenters. The third-order valence-corrected chi connectivity index (χ3v) is 5.19. The summed E-state index contributed by atoms with van der Waals surface area (Å²) < 4.78 is 19.2. The van der Waals surface area contributed by atoms with E-state index in [4.69, 9.17) is 4.74 Å². The normalized spacial score (nSPS) is 17.6. The number of ether oxygens (including phenoxy) is 1. The Hall–Kier alpha value is -2.79. The van der Waals surface area contributed by atoms with Gasteiger partial charge in [0.1, 0.15) is 5.82 Å². The van der Waals surface area contributed by atoms with Gasteiger partial charge in [0.05, 0.1) is 23.2 Å². The Morgan fingerprint density at radius 1 is 1.18 bits per heavy atom. The Kier molecular flexibility index (Phi) is 5.09. The smallest absolute Gasteiger partial charge is 0.252 e. The fraction of sp³-hybridized carbons (Fsp3) is 0.304. The second kappa shape index (κ2) is 7.68. The fourth-order valence-corrected chi connectivity index (χ4v) is 3.81. The lowest BCUT2D eigenvalue weighted by atomic mass is 9.98. The number of hydrogen-bond donors (Lipinski definition) is 1. The van der Waals surface area contributed by atoms with Crippen LogP contribution in [-0.2, 0) is 4.74 Å². The molecule has 4 rings (SSSR count). The molecule has 2 heterocycles. The zero-order valence-corrected chi connectivity index (χ0v) is 16.0. The molecule has 1 aromatic heterocycles. The number of hydrogen-bond acceptors (Lipinski definition) is 3. The summed E-state index contributed by atoms with van der Waals surface area (Å²) in [5, 5.41) is 3.96. The first kappa shape index (κ1) is 18.6. The lowest BCUT2D eigenvalue weighted by Gasteiger charge is -2.25. The summed E-state index contributed by atoms with van der Waals surface area (Å²) in [5.41, 5.74) is 4.09. The second-order valence-corrected chi connectivity index (χ2v) is 7.39. The van der Waals surface area contributed by atoms with Gasteiger partial charge in [-0.3, -0.25) is 9.78 Å². The van der Waals surface area contributed by atoms with E-state index in [2.05, 4.69) is 10.3 Å². The predicted octanol–water partition coefficient (Wildman–Crippen LogP) is 4.64. The molecular weight excluding hydrogens is 355 g/mol. The summed E-state index contributed by atoms with van der Waals surface area (Å²) in [4.78, 5) is 17.8. The third-order valence-electron chi connectivity index (χ3n) is 5.19. The van der Waals surface area contributed by atoms with Crippen LogP contribution in [0.3, 0.4) is 0 Å². The highest BCUT2D eigenvalue weighted by Gasteiger charge is 2.29. The molecule has 5 heteroatoms. The topological polar surface area (TPSA) is 51.2 Å². The molecule has 144 valence electrons. The highest BCUT2D eigenvalue weighted by Crippen LogP contribution is 2.28. The van der Waals surface area contributed by atoms with Crippen molar-refractivity contribution in [3.8, 4) is 0 Å². The Balaban J connectivity index is 1.71. The van der Waals surface area contributed by atoms with Crippen molar-refractivity contribution >= 4 is 16.8 Å². The molecular formula is C23H23FN2O2. The van der Waals surface area contributed by atoms with Crippen molar-refractivity contribution in [2.75, 3.05) is 6.61 Å². The van der Waals surface area contributed by atoms with Crippen LogP contribution in [0.1, 0.15) is 46.1 Å². The van der Waals surface area contributed by atoms with Gasteiger partial charge in [0.2, 0.25) is 0 Å². The summed E-state index contributed by atoms with van der Waals surface area (Å²) in [6.45, 7) is 4.55. The van der Waals surface area contributed by atoms with E-state index in [9.17, 15) is 9.18 Å². The number of pyridine rings is 1. The molecule has 1 N–H and O–H groups in total. The maximum absolute atomic E-state index is 13.4. The average Bonchev–Trinajstić information content (AvgIpc) is 3.21. The van der Waals surface area contributed by atoms with Gasteiger partial charge in [-0.25, -0.2) is 4.39 Å². The van der Waals surface area contributed by atoms with E-state index in [1.807, 2.05) is 38.1 Å². The van der Waals surface area contributed by atoms with Crippen LogP contribution in [0.5, 0.6) is 0 Å². The minimum Gasteiger partial charge on any atom is -0.376 e. The maximum Gasteiger partial charge on any atom is 0.252 e.